The number of hydrogen-bond donors (Lipinski definition) is 3. The van der Waals surface area contributed by atoms with E-state index < -0.39 is 36.9 Å². The van der Waals surface area contributed by atoms with Gasteiger partial charge < -0.3 is 24.8 Å². The number of hydrogen-bond acceptors (Lipinski definition) is 9. The summed E-state index contributed by atoms with van der Waals surface area (Å²) in [5.74, 6) is 0.606. The Kier molecular flexibility index (Phi) is 5.77. The third-order valence-electron chi connectivity index (χ3n) is 6.00. The molecule has 33 heavy (non-hydrogen) atoms. The fraction of sp³-hybridized carbons (Fsp3) is 0.364. The lowest BCUT2D eigenvalue weighted by Gasteiger charge is -2.42. The normalized spacial score (nSPS) is 25.4. The molecule has 0 unspecified atom stereocenters. The van der Waals surface area contributed by atoms with Crippen molar-refractivity contribution in [3.63, 3.8) is 0 Å². The Hall–Kier alpha value is -3.38. The summed E-state index contributed by atoms with van der Waals surface area (Å²) in [5.41, 5.74) is 2.32. The highest BCUT2D eigenvalue weighted by Crippen LogP contribution is 2.38. The van der Waals surface area contributed by atoms with Crippen LogP contribution in [0.1, 0.15) is 11.7 Å². The highest BCUT2D eigenvalue weighted by Gasteiger charge is 2.45. The molecule has 3 heterocycles. The average Bonchev–Trinajstić information content (AvgIpc) is 3.49. The number of ether oxygens (including phenoxy) is 2. The summed E-state index contributed by atoms with van der Waals surface area (Å²) in [6.45, 7) is -0.197. The van der Waals surface area contributed by atoms with Gasteiger partial charge >= 0.3 is 0 Å². The Morgan fingerprint density at radius 1 is 1.00 bits per heavy atom. The summed E-state index contributed by atoms with van der Waals surface area (Å²) in [7, 11) is 1.58. The first-order valence-electron chi connectivity index (χ1n) is 10.6. The van der Waals surface area contributed by atoms with E-state index in [-0.39, 0.29) is 6.54 Å². The number of fused-ring (bicyclic) bond motifs is 1. The van der Waals surface area contributed by atoms with E-state index in [0.29, 0.717) is 11.6 Å². The van der Waals surface area contributed by atoms with Gasteiger partial charge in [-0.2, -0.15) is 4.68 Å². The molecule has 5 atom stereocenters. The number of benzene rings is 2. The van der Waals surface area contributed by atoms with Crippen molar-refractivity contribution in [1.82, 2.24) is 30.0 Å². The zero-order valence-corrected chi connectivity index (χ0v) is 17.8. The minimum Gasteiger partial charge on any atom is -0.497 e. The molecule has 1 aliphatic heterocycles. The standard InChI is InChI=1S/C22H24N6O5/c1-32-14-8-6-13(7-9-14)22-15(20(30)21(31)18(12-29)33-22)10-27-11-19(24-25-27)28-17-5-3-2-4-16(17)23-26-28/h2-9,11,15,18,20-22,29-31H,10,12H2,1H3/t15-,18-,20-,21+,22+/m1/s1. The van der Waals surface area contributed by atoms with Gasteiger partial charge in [0.1, 0.15) is 23.5 Å². The lowest BCUT2D eigenvalue weighted by atomic mass is 9.83. The number of aliphatic hydroxyl groups is 3. The van der Waals surface area contributed by atoms with Crippen molar-refractivity contribution in [3.8, 4) is 11.6 Å². The third-order valence-corrected chi connectivity index (χ3v) is 6.00. The smallest absolute Gasteiger partial charge is 0.197 e. The van der Waals surface area contributed by atoms with Crippen LogP contribution in [0.2, 0.25) is 0 Å². The minimum absolute atomic E-state index is 0.215. The van der Waals surface area contributed by atoms with Gasteiger partial charge in [0.15, 0.2) is 5.82 Å². The summed E-state index contributed by atoms with van der Waals surface area (Å²) in [6.07, 6.45) is -2.19. The molecule has 5 rings (SSSR count). The fourth-order valence-corrected chi connectivity index (χ4v) is 4.22. The molecule has 11 heteroatoms. The number of aliphatic hydroxyl groups excluding tert-OH is 3. The van der Waals surface area contributed by atoms with Crippen LogP contribution in [-0.4, -0.2) is 77.3 Å². The molecule has 1 saturated heterocycles. The van der Waals surface area contributed by atoms with Crippen LogP contribution >= 0.6 is 0 Å². The predicted octanol–water partition coefficient (Wildman–Crippen LogP) is 0.491. The van der Waals surface area contributed by atoms with E-state index in [2.05, 4.69) is 20.6 Å². The molecule has 0 bridgehead atoms. The summed E-state index contributed by atoms with van der Waals surface area (Å²) in [5, 5.41) is 47.7. The second-order valence-corrected chi connectivity index (χ2v) is 7.98. The summed E-state index contributed by atoms with van der Waals surface area (Å²) in [4.78, 5) is 0. The summed E-state index contributed by atoms with van der Waals surface area (Å²) in [6, 6.07) is 14.8. The van der Waals surface area contributed by atoms with Gasteiger partial charge in [0, 0.05) is 5.92 Å². The number of rotatable bonds is 6. The predicted molar refractivity (Wildman–Crippen MR) is 116 cm³/mol. The molecule has 172 valence electrons. The van der Waals surface area contributed by atoms with Crippen molar-refractivity contribution < 1.29 is 24.8 Å². The Morgan fingerprint density at radius 3 is 2.55 bits per heavy atom. The zero-order chi connectivity index (χ0) is 22.9. The molecular weight excluding hydrogens is 428 g/mol. The molecular formula is C22H24N6O5. The molecule has 2 aromatic carbocycles. The molecule has 11 nitrogen and oxygen atoms in total. The fourth-order valence-electron chi connectivity index (χ4n) is 4.22. The van der Waals surface area contributed by atoms with Gasteiger partial charge in [-0.25, -0.2) is 4.68 Å². The van der Waals surface area contributed by atoms with Gasteiger partial charge in [0.05, 0.1) is 44.2 Å². The molecule has 0 radical (unpaired) electrons. The SMILES string of the molecule is COc1ccc([C@@H]2O[C@H](CO)[C@H](O)[C@H](O)[C@H]2Cn2cc(-n3nnc4ccccc43)nn2)cc1. The lowest BCUT2D eigenvalue weighted by molar-refractivity contribution is -0.214. The third kappa shape index (κ3) is 3.95. The molecule has 0 aliphatic carbocycles. The second kappa shape index (κ2) is 8.87. The number of methoxy groups -OCH3 is 1. The Balaban J connectivity index is 1.44. The van der Waals surface area contributed by atoms with Crippen LogP contribution in [-0.2, 0) is 11.3 Å². The van der Waals surface area contributed by atoms with Crippen LogP contribution in [0, 0.1) is 5.92 Å². The van der Waals surface area contributed by atoms with E-state index >= 15 is 0 Å². The maximum Gasteiger partial charge on any atom is 0.197 e. The van der Waals surface area contributed by atoms with Gasteiger partial charge in [-0.05, 0) is 29.8 Å². The monoisotopic (exact) mass is 452 g/mol. The maximum absolute atomic E-state index is 10.9. The molecule has 1 aliphatic rings. The van der Waals surface area contributed by atoms with Gasteiger partial charge in [0.25, 0.3) is 0 Å². The largest absolute Gasteiger partial charge is 0.497 e. The van der Waals surface area contributed by atoms with Crippen molar-refractivity contribution in [2.75, 3.05) is 13.7 Å². The molecule has 0 spiro atoms. The Morgan fingerprint density at radius 2 is 1.79 bits per heavy atom. The summed E-state index contributed by atoms with van der Waals surface area (Å²) < 4.78 is 14.4. The van der Waals surface area contributed by atoms with Crippen LogP contribution in [0.5, 0.6) is 5.75 Å². The van der Waals surface area contributed by atoms with E-state index in [1.165, 1.54) is 0 Å². The first-order chi connectivity index (χ1) is 16.1. The van der Waals surface area contributed by atoms with Crippen molar-refractivity contribution in [2.45, 2.75) is 31.0 Å². The molecule has 0 amide bonds. The molecule has 0 saturated carbocycles. The van der Waals surface area contributed by atoms with Crippen LogP contribution in [0.25, 0.3) is 16.9 Å². The van der Waals surface area contributed by atoms with Gasteiger partial charge in [0.2, 0.25) is 0 Å². The number of nitrogens with zero attached hydrogens (tertiary/aromatic N) is 6. The highest BCUT2D eigenvalue weighted by molar-refractivity contribution is 5.75. The first kappa shape index (κ1) is 21.5. The summed E-state index contributed by atoms with van der Waals surface area (Å²) >= 11 is 0. The zero-order valence-electron chi connectivity index (χ0n) is 17.8. The highest BCUT2D eigenvalue weighted by atomic mass is 16.5. The first-order valence-corrected chi connectivity index (χ1v) is 10.6. The van der Waals surface area contributed by atoms with Crippen molar-refractivity contribution in [2.24, 2.45) is 5.92 Å². The van der Waals surface area contributed by atoms with E-state index in [4.69, 9.17) is 9.47 Å². The average molecular weight is 452 g/mol. The van der Waals surface area contributed by atoms with E-state index in [1.54, 1.807) is 34.8 Å². The van der Waals surface area contributed by atoms with Crippen LogP contribution in [0.15, 0.2) is 54.7 Å². The van der Waals surface area contributed by atoms with E-state index in [0.717, 1.165) is 16.6 Å². The van der Waals surface area contributed by atoms with Crippen LogP contribution in [0.4, 0.5) is 0 Å². The number of aromatic nitrogens is 6. The Bertz CT molecular complexity index is 1230. The van der Waals surface area contributed by atoms with Crippen molar-refractivity contribution in [3.05, 3.63) is 60.3 Å². The number of para-hydroxylation sites is 1. The van der Waals surface area contributed by atoms with Gasteiger partial charge in [-0.3, -0.25) is 0 Å². The van der Waals surface area contributed by atoms with Gasteiger partial charge in [-0.15, -0.1) is 10.2 Å². The maximum atomic E-state index is 10.9. The Labute approximate surface area is 188 Å². The van der Waals surface area contributed by atoms with Crippen molar-refractivity contribution >= 4 is 11.0 Å². The van der Waals surface area contributed by atoms with Crippen LogP contribution < -0.4 is 4.74 Å². The van der Waals surface area contributed by atoms with Crippen molar-refractivity contribution in [1.29, 1.82) is 0 Å². The molecule has 4 aromatic rings. The molecule has 1 fully saturated rings. The topological polar surface area (TPSA) is 141 Å². The molecule has 3 N–H and O–H groups in total. The molecule has 2 aromatic heterocycles. The second-order valence-electron chi connectivity index (χ2n) is 7.98. The quantitative estimate of drug-likeness (QED) is 0.381. The van der Waals surface area contributed by atoms with E-state index in [9.17, 15) is 15.3 Å². The minimum atomic E-state index is -1.24. The lowest BCUT2D eigenvalue weighted by Crippen LogP contribution is -2.53. The van der Waals surface area contributed by atoms with Crippen LogP contribution in [0.3, 0.4) is 0 Å². The van der Waals surface area contributed by atoms with E-state index in [1.807, 2.05) is 36.4 Å². The van der Waals surface area contributed by atoms with Gasteiger partial charge in [-0.1, -0.05) is 34.7 Å².